The topological polar surface area (TPSA) is 25.8 Å². The first-order chi connectivity index (χ1) is 16.9. The van der Waals surface area contributed by atoms with Crippen molar-refractivity contribution >= 4 is 31.4 Å². The van der Waals surface area contributed by atoms with E-state index in [2.05, 4.69) is 80.2 Å². The summed E-state index contributed by atoms with van der Waals surface area (Å²) in [5.41, 5.74) is 6.47. The van der Waals surface area contributed by atoms with Crippen molar-refractivity contribution in [1.82, 2.24) is 9.97 Å². The van der Waals surface area contributed by atoms with Gasteiger partial charge in [-0.25, -0.2) is 9.97 Å². The monoisotopic (exact) mass is 638 g/mol. The Hall–Kier alpha value is -3.36. The van der Waals surface area contributed by atoms with Crippen molar-refractivity contribution in [3.8, 4) is 22.5 Å². The van der Waals surface area contributed by atoms with Crippen LogP contribution < -0.4 is 0 Å². The van der Waals surface area contributed by atoms with Gasteiger partial charge in [0.15, 0.2) is 0 Å². The van der Waals surface area contributed by atoms with E-state index in [9.17, 15) is 0 Å². The van der Waals surface area contributed by atoms with E-state index in [0.29, 0.717) is 0 Å². The van der Waals surface area contributed by atoms with Crippen LogP contribution in [0, 0.1) is 0 Å². The number of hydrogen-bond donors (Lipinski definition) is 0. The van der Waals surface area contributed by atoms with Crippen molar-refractivity contribution in [3.63, 3.8) is 0 Å². The number of benzene rings is 4. The van der Waals surface area contributed by atoms with Crippen LogP contribution in [-0.2, 0) is 17.9 Å². The molecule has 2 nitrogen and oxygen atoms in total. The molecule has 2 heterocycles. The fourth-order valence-corrected chi connectivity index (χ4v) is 3.67. The van der Waals surface area contributed by atoms with E-state index in [4.69, 9.17) is 0 Å². The van der Waals surface area contributed by atoms with Gasteiger partial charge in [-0.3, -0.25) is 0 Å². The van der Waals surface area contributed by atoms with Crippen LogP contribution in [0.15, 0.2) is 133 Å². The Morgan fingerprint density at radius 2 is 0.735 bits per heavy atom. The Morgan fingerprint density at radius 3 is 1.15 bits per heavy atom. The smallest absolute Gasteiger partial charge is 0.0709 e. The molecule has 4 aromatic carbocycles. The number of pyridine rings is 2. The van der Waals surface area contributed by atoms with E-state index in [1.54, 1.807) is 0 Å². The van der Waals surface area contributed by atoms with Gasteiger partial charge < -0.3 is 0 Å². The van der Waals surface area contributed by atoms with Crippen LogP contribution in [-0.4, -0.2) is 9.97 Å². The Morgan fingerprint density at radius 1 is 0.382 bits per heavy atom. The van der Waals surface area contributed by atoms with E-state index in [-0.39, 0.29) is 0 Å². The van der Waals surface area contributed by atoms with E-state index < -0.39 is 0 Å². The molecule has 0 bridgehead atoms. The normalized spacial score (nSPS) is 10.1. The number of halogens is 1. The summed E-state index contributed by atoms with van der Waals surface area (Å²) in [4.78, 5) is 9.29. The third-order valence-electron chi connectivity index (χ3n) is 5.34. The van der Waals surface area contributed by atoms with Gasteiger partial charge in [0.1, 0.15) is 0 Å². The summed E-state index contributed by atoms with van der Waals surface area (Å²) in [6, 6.07) is 45.2. The fraction of sp³-hybridized carbons (Fsp3) is 0. The van der Waals surface area contributed by atoms with Crippen molar-refractivity contribution in [2.24, 2.45) is 0 Å². The van der Waals surface area contributed by atoms with Crippen molar-refractivity contribution in [2.45, 2.75) is 0 Å². The van der Waals surface area contributed by atoms with Gasteiger partial charge >= 0.3 is 27.5 Å². The van der Waals surface area contributed by atoms with Crippen LogP contribution in [0.5, 0.6) is 0 Å². The van der Waals surface area contributed by atoms with E-state index >= 15 is 0 Å². The van der Waals surface area contributed by atoms with Gasteiger partial charge in [0.2, 0.25) is 0 Å². The number of aromatic nitrogens is 2. The molecule has 0 atom stereocenters. The summed E-state index contributed by atoms with van der Waals surface area (Å²) in [5.74, 6) is 0. The van der Waals surface area contributed by atoms with Crippen LogP contribution in [0.2, 0.25) is 0 Å². The molecular formula is C30H22ClIrN2. The third kappa shape index (κ3) is 5.95. The second-order valence-electron chi connectivity index (χ2n) is 7.51. The molecule has 0 aliphatic heterocycles. The SMILES string of the molecule is [Cl][Ir].c1ccc(-c2ccc3ccccc3n2)cc1.c1ccc(-c2ccc3ccccc3n2)cc1. The van der Waals surface area contributed by atoms with Gasteiger partial charge in [-0.2, -0.15) is 0 Å². The quantitative estimate of drug-likeness (QED) is 0.190. The van der Waals surface area contributed by atoms with Crippen LogP contribution >= 0.6 is 9.58 Å². The first kappa shape index (κ1) is 23.8. The summed E-state index contributed by atoms with van der Waals surface area (Å²) in [5, 5.41) is 2.37. The summed E-state index contributed by atoms with van der Waals surface area (Å²) in [6.45, 7) is 0. The first-order valence-corrected chi connectivity index (χ1v) is 13.8. The van der Waals surface area contributed by atoms with Gasteiger partial charge in [0, 0.05) is 21.9 Å². The summed E-state index contributed by atoms with van der Waals surface area (Å²) < 4.78 is 0. The van der Waals surface area contributed by atoms with Crippen molar-refractivity contribution < 1.29 is 17.9 Å². The molecule has 0 radical (unpaired) electrons. The Balaban J connectivity index is 0.000000150. The van der Waals surface area contributed by atoms with Crippen molar-refractivity contribution in [1.29, 1.82) is 0 Å². The maximum absolute atomic E-state index is 4.65. The van der Waals surface area contributed by atoms with Gasteiger partial charge in [0.05, 0.1) is 22.4 Å². The predicted octanol–water partition coefficient (Wildman–Crippen LogP) is 8.49. The molecule has 0 aliphatic rings. The number of para-hydroxylation sites is 2. The van der Waals surface area contributed by atoms with Crippen LogP contribution in [0.4, 0.5) is 0 Å². The second-order valence-corrected chi connectivity index (χ2v) is 7.51. The predicted molar refractivity (Wildman–Crippen MR) is 140 cm³/mol. The molecule has 2 aromatic heterocycles. The molecule has 0 saturated carbocycles. The first-order valence-electron chi connectivity index (χ1n) is 10.8. The van der Waals surface area contributed by atoms with Gasteiger partial charge in [-0.05, 0) is 24.3 Å². The average molecular weight is 638 g/mol. The average Bonchev–Trinajstić information content (AvgIpc) is 2.95. The molecule has 0 N–H and O–H groups in total. The maximum atomic E-state index is 4.65. The molecule has 0 aliphatic carbocycles. The zero-order valence-electron chi connectivity index (χ0n) is 18.3. The molecule has 34 heavy (non-hydrogen) atoms. The summed E-state index contributed by atoms with van der Waals surface area (Å²) in [7, 11) is 4.64. The number of rotatable bonds is 2. The molecule has 4 heteroatoms. The second kappa shape index (κ2) is 12.2. The van der Waals surface area contributed by atoms with Crippen molar-refractivity contribution in [2.75, 3.05) is 0 Å². The van der Waals surface area contributed by atoms with E-state index in [1.165, 1.54) is 28.7 Å². The molecule has 0 amide bonds. The maximum Gasteiger partial charge on any atom is 0.0709 e. The zero-order valence-corrected chi connectivity index (χ0v) is 21.5. The summed E-state index contributed by atoms with van der Waals surface area (Å²) >= 11 is 1.47. The minimum absolute atomic E-state index is 1.03. The molecule has 0 spiro atoms. The van der Waals surface area contributed by atoms with E-state index in [0.717, 1.165) is 33.5 Å². The Kier molecular flexibility index (Phi) is 8.53. The number of fused-ring (bicyclic) bond motifs is 2. The molecular weight excluding hydrogens is 616 g/mol. The Labute approximate surface area is 214 Å². The van der Waals surface area contributed by atoms with Gasteiger partial charge in [0.25, 0.3) is 0 Å². The number of nitrogens with zero attached hydrogens (tertiary/aromatic N) is 2. The molecule has 0 unspecified atom stereocenters. The fourth-order valence-electron chi connectivity index (χ4n) is 3.67. The summed E-state index contributed by atoms with van der Waals surface area (Å²) in [6.07, 6.45) is 0. The molecule has 168 valence electrons. The van der Waals surface area contributed by atoms with Crippen LogP contribution in [0.3, 0.4) is 0 Å². The molecule has 6 rings (SSSR count). The molecule has 0 saturated heterocycles. The zero-order chi connectivity index (χ0) is 23.6. The Bertz CT molecular complexity index is 1360. The van der Waals surface area contributed by atoms with Crippen LogP contribution in [0.1, 0.15) is 0 Å². The third-order valence-corrected chi connectivity index (χ3v) is 5.34. The standard InChI is InChI=1S/2C15H11N.ClH.Ir/c2*1-2-6-12(7-3-1)15-11-10-13-8-4-5-9-14(13)16-15;;/h2*1-11H;1H;/q;;;+1/p-1. The van der Waals surface area contributed by atoms with Gasteiger partial charge in [-0.15, -0.1) is 0 Å². The molecule has 6 aromatic rings. The van der Waals surface area contributed by atoms with Crippen molar-refractivity contribution in [3.05, 3.63) is 133 Å². The van der Waals surface area contributed by atoms with Gasteiger partial charge in [-0.1, -0.05) is 109 Å². The minimum Gasteiger partial charge on any atom is -0.248 e. The van der Waals surface area contributed by atoms with E-state index in [1.807, 2.05) is 72.8 Å². The van der Waals surface area contributed by atoms with Crippen LogP contribution in [0.25, 0.3) is 44.3 Å². The molecule has 0 fully saturated rings. The largest absolute Gasteiger partial charge is 0.248 e. The number of hydrogen-bond acceptors (Lipinski definition) is 2. The minimum atomic E-state index is 1.03.